The largest absolute Gasteiger partial charge is 0.493 e. The van der Waals surface area contributed by atoms with Crippen molar-refractivity contribution in [1.29, 1.82) is 0 Å². The van der Waals surface area contributed by atoms with Crippen molar-refractivity contribution in [3.63, 3.8) is 0 Å². The Labute approximate surface area is 174 Å². The van der Waals surface area contributed by atoms with E-state index >= 15 is 0 Å². The lowest BCUT2D eigenvalue weighted by Gasteiger charge is -2.41. The van der Waals surface area contributed by atoms with E-state index in [4.69, 9.17) is 23.7 Å². The molecule has 0 saturated carbocycles. The molecule has 0 saturated heterocycles. The van der Waals surface area contributed by atoms with Crippen molar-refractivity contribution in [3.8, 4) is 28.7 Å². The fourth-order valence-electron chi connectivity index (χ4n) is 4.63. The van der Waals surface area contributed by atoms with Crippen LogP contribution in [0.5, 0.6) is 28.7 Å². The topological polar surface area (TPSA) is 107 Å². The van der Waals surface area contributed by atoms with Crippen molar-refractivity contribution >= 4 is 0 Å². The number of methoxy groups -OCH3 is 3. The molecule has 4 rings (SSSR count). The predicted octanol–water partition coefficient (Wildman–Crippen LogP) is 1.84. The number of hydrogen-bond acceptors (Lipinski definition) is 8. The molecule has 30 heavy (non-hydrogen) atoms. The standard InChI is InChI=1S/C22H26O8/c1-26-18-4-11(5-19(27-2)22(18)28-3)20-12-6-16-17(30-10-29-16)7-13(12)21(25)15(9-24)14(20)8-23/h4-7,14-15,20-21,23-25H,8-10H2,1-3H3/t14-,15+,20-,21+/m0/s1. The van der Waals surface area contributed by atoms with Gasteiger partial charge in [-0.15, -0.1) is 0 Å². The van der Waals surface area contributed by atoms with Crippen LogP contribution >= 0.6 is 0 Å². The van der Waals surface area contributed by atoms with Gasteiger partial charge in [0.2, 0.25) is 12.5 Å². The van der Waals surface area contributed by atoms with Gasteiger partial charge in [0, 0.05) is 31.0 Å². The lowest BCUT2D eigenvalue weighted by molar-refractivity contribution is -0.00425. The van der Waals surface area contributed by atoms with E-state index in [9.17, 15) is 15.3 Å². The second kappa shape index (κ2) is 8.22. The van der Waals surface area contributed by atoms with Crippen molar-refractivity contribution in [1.82, 2.24) is 0 Å². The maximum atomic E-state index is 11.0. The molecular formula is C22H26O8. The molecule has 2 aromatic carbocycles. The number of benzene rings is 2. The zero-order valence-electron chi connectivity index (χ0n) is 17.1. The number of hydrogen-bond donors (Lipinski definition) is 3. The highest BCUT2D eigenvalue weighted by Gasteiger charge is 2.44. The molecule has 0 spiro atoms. The van der Waals surface area contributed by atoms with E-state index in [0.717, 1.165) is 11.1 Å². The van der Waals surface area contributed by atoms with Gasteiger partial charge in [-0.25, -0.2) is 0 Å². The molecule has 1 aliphatic carbocycles. The van der Waals surface area contributed by atoms with Gasteiger partial charge in [0.25, 0.3) is 0 Å². The minimum absolute atomic E-state index is 0.107. The highest BCUT2D eigenvalue weighted by molar-refractivity contribution is 5.59. The summed E-state index contributed by atoms with van der Waals surface area (Å²) in [7, 11) is 4.61. The SMILES string of the molecule is COc1cc([C@H]2c3cc4c(cc3[C@@H](O)[C@H](CO)[C@@H]2CO)OCO4)cc(OC)c1OC. The summed E-state index contributed by atoms with van der Waals surface area (Å²) in [5, 5.41) is 31.2. The maximum absolute atomic E-state index is 11.0. The number of aliphatic hydroxyl groups excluding tert-OH is 3. The summed E-state index contributed by atoms with van der Waals surface area (Å²) in [5.41, 5.74) is 2.24. The Kier molecular flexibility index (Phi) is 5.64. The lowest BCUT2D eigenvalue weighted by atomic mass is 9.65. The highest BCUT2D eigenvalue weighted by atomic mass is 16.7. The van der Waals surface area contributed by atoms with Gasteiger partial charge >= 0.3 is 0 Å². The molecule has 0 bridgehead atoms. The first-order valence-corrected chi connectivity index (χ1v) is 9.71. The van der Waals surface area contributed by atoms with Crippen LogP contribution < -0.4 is 23.7 Å². The van der Waals surface area contributed by atoms with Crippen LogP contribution in [0.2, 0.25) is 0 Å². The van der Waals surface area contributed by atoms with Crippen LogP contribution in [0.4, 0.5) is 0 Å². The molecule has 1 heterocycles. The van der Waals surface area contributed by atoms with Crippen molar-refractivity contribution in [3.05, 3.63) is 41.0 Å². The summed E-state index contributed by atoms with van der Waals surface area (Å²) in [4.78, 5) is 0. The summed E-state index contributed by atoms with van der Waals surface area (Å²) >= 11 is 0. The van der Waals surface area contributed by atoms with Gasteiger partial charge in [-0.2, -0.15) is 0 Å². The van der Waals surface area contributed by atoms with Gasteiger partial charge in [0.05, 0.1) is 27.4 Å². The Morgan fingerprint density at radius 1 is 0.833 bits per heavy atom. The molecule has 2 aliphatic rings. The van der Waals surface area contributed by atoms with E-state index in [-0.39, 0.29) is 25.9 Å². The molecule has 0 radical (unpaired) electrons. The van der Waals surface area contributed by atoms with Crippen molar-refractivity contribution in [2.45, 2.75) is 12.0 Å². The maximum Gasteiger partial charge on any atom is 0.231 e. The van der Waals surface area contributed by atoms with Gasteiger partial charge in [-0.05, 0) is 41.0 Å². The quantitative estimate of drug-likeness (QED) is 0.653. The zero-order valence-corrected chi connectivity index (χ0v) is 17.1. The summed E-state index contributed by atoms with van der Waals surface area (Å²) in [5.74, 6) is 1.20. The van der Waals surface area contributed by atoms with Crippen LogP contribution in [0.15, 0.2) is 24.3 Å². The average molecular weight is 418 g/mol. The normalized spacial score (nSPS) is 24.3. The van der Waals surface area contributed by atoms with E-state index in [2.05, 4.69) is 0 Å². The minimum Gasteiger partial charge on any atom is -0.493 e. The number of aliphatic hydroxyl groups is 3. The monoisotopic (exact) mass is 418 g/mol. The first kappa shape index (κ1) is 20.6. The third-order valence-corrected chi connectivity index (χ3v) is 6.08. The van der Waals surface area contributed by atoms with Crippen LogP contribution in [0.3, 0.4) is 0 Å². The van der Waals surface area contributed by atoms with Crippen LogP contribution in [0.25, 0.3) is 0 Å². The van der Waals surface area contributed by atoms with E-state index < -0.39 is 17.9 Å². The van der Waals surface area contributed by atoms with E-state index in [1.54, 1.807) is 6.07 Å². The molecule has 162 valence electrons. The fourth-order valence-corrected chi connectivity index (χ4v) is 4.63. The zero-order chi connectivity index (χ0) is 21.4. The third kappa shape index (κ3) is 3.12. The van der Waals surface area contributed by atoms with Crippen LogP contribution in [-0.2, 0) is 0 Å². The molecule has 8 heteroatoms. The molecule has 8 nitrogen and oxygen atoms in total. The fraction of sp³-hybridized carbons (Fsp3) is 0.455. The first-order chi connectivity index (χ1) is 14.6. The highest BCUT2D eigenvalue weighted by Crippen LogP contribution is 2.53. The number of rotatable bonds is 6. The van der Waals surface area contributed by atoms with Gasteiger partial charge in [0.1, 0.15) is 0 Å². The Morgan fingerprint density at radius 3 is 1.90 bits per heavy atom. The van der Waals surface area contributed by atoms with Gasteiger partial charge in [0.15, 0.2) is 23.0 Å². The Bertz CT molecular complexity index is 903. The second-order valence-electron chi connectivity index (χ2n) is 7.41. The molecule has 0 fully saturated rings. The van der Waals surface area contributed by atoms with Crippen LogP contribution in [-0.4, -0.2) is 56.7 Å². The van der Waals surface area contributed by atoms with Crippen molar-refractivity contribution in [2.75, 3.05) is 41.3 Å². The smallest absolute Gasteiger partial charge is 0.231 e. The molecule has 0 aromatic heterocycles. The molecular weight excluding hydrogens is 392 g/mol. The van der Waals surface area contributed by atoms with E-state index in [1.807, 2.05) is 18.2 Å². The molecule has 4 atom stereocenters. The number of ether oxygens (including phenoxy) is 5. The van der Waals surface area contributed by atoms with E-state index in [0.29, 0.717) is 34.3 Å². The van der Waals surface area contributed by atoms with Crippen LogP contribution in [0.1, 0.15) is 28.7 Å². The minimum atomic E-state index is -0.949. The van der Waals surface area contributed by atoms with Crippen LogP contribution in [0, 0.1) is 11.8 Å². The van der Waals surface area contributed by atoms with E-state index in [1.165, 1.54) is 21.3 Å². The predicted molar refractivity (Wildman–Crippen MR) is 107 cm³/mol. The molecule has 2 aromatic rings. The Balaban J connectivity index is 1.95. The van der Waals surface area contributed by atoms with Crippen molar-refractivity contribution in [2.24, 2.45) is 11.8 Å². The Morgan fingerprint density at radius 2 is 1.40 bits per heavy atom. The van der Waals surface area contributed by atoms with Crippen molar-refractivity contribution < 1.29 is 39.0 Å². The Hall–Kier alpha value is -2.68. The van der Waals surface area contributed by atoms with Gasteiger partial charge in [-0.3, -0.25) is 0 Å². The summed E-state index contributed by atoms with van der Waals surface area (Å²) in [6.07, 6.45) is -0.949. The third-order valence-electron chi connectivity index (χ3n) is 6.08. The summed E-state index contributed by atoms with van der Waals surface area (Å²) in [6.45, 7) is -0.394. The second-order valence-corrected chi connectivity index (χ2v) is 7.41. The first-order valence-electron chi connectivity index (χ1n) is 9.71. The lowest BCUT2D eigenvalue weighted by Crippen LogP contribution is -2.38. The summed E-state index contributed by atoms with van der Waals surface area (Å²) in [6, 6.07) is 7.25. The molecule has 0 unspecified atom stereocenters. The molecule has 3 N–H and O–H groups in total. The number of fused-ring (bicyclic) bond motifs is 2. The van der Waals surface area contributed by atoms with Gasteiger partial charge in [-0.1, -0.05) is 0 Å². The summed E-state index contributed by atoms with van der Waals surface area (Å²) < 4.78 is 27.5. The van der Waals surface area contributed by atoms with Gasteiger partial charge < -0.3 is 39.0 Å². The average Bonchev–Trinajstić information content (AvgIpc) is 3.24. The molecule has 1 aliphatic heterocycles. The molecule has 0 amide bonds.